The Balaban J connectivity index is 2.31. The van der Waals surface area contributed by atoms with Crippen LogP contribution in [0.25, 0.3) is 0 Å². The van der Waals surface area contributed by atoms with Gasteiger partial charge in [-0.2, -0.15) is 24.4 Å². The standard InChI is InChI=1S/C8H14O2S2/c1-2-10-8(9)6-3-7(4-11)12-5-6/h6-7,11H,2-5H2,1H3. The lowest BCUT2D eigenvalue weighted by Crippen LogP contribution is -2.18. The van der Waals surface area contributed by atoms with Crippen LogP contribution in [-0.4, -0.2) is 29.3 Å². The second kappa shape index (κ2) is 5.02. The number of ether oxygens (including phenoxy) is 1. The number of esters is 1. The maximum atomic E-state index is 11.2. The number of thiol groups is 1. The van der Waals surface area contributed by atoms with Gasteiger partial charge in [0.2, 0.25) is 0 Å². The minimum Gasteiger partial charge on any atom is -0.466 e. The van der Waals surface area contributed by atoms with Crippen LogP contribution in [0, 0.1) is 5.92 Å². The molecule has 0 saturated carbocycles. The third-order valence-electron chi connectivity index (χ3n) is 1.90. The molecule has 0 aromatic heterocycles. The van der Waals surface area contributed by atoms with Crippen molar-refractivity contribution in [2.45, 2.75) is 18.6 Å². The highest BCUT2D eigenvalue weighted by Gasteiger charge is 2.30. The number of carbonyl (C=O) groups is 1. The summed E-state index contributed by atoms with van der Waals surface area (Å²) in [7, 11) is 0. The van der Waals surface area contributed by atoms with Crippen LogP contribution in [-0.2, 0) is 9.53 Å². The second-order valence-corrected chi connectivity index (χ2v) is 4.52. The molecule has 12 heavy (non-hydrogen) atoms. The number of hydrogen-bond donors (Lipinski definition) is 1. The first kappa shape index (κ1) is 10.3. The van der Waals surface area contributed by atoms with Gasteiger partial charge in [-0.15, -0.1) is 0 Å². The van der Waals surface area contributed by atoms with Crippen molar-refractivity contribution in [2.75, 3.05) is 18.1 Å². The molecule has 0 amide bonds. The fourth-order valence-electron chi connectivity index (χ4n) is 1.26. The van der Waals surface area contributed by atoms with Crippen molar-refractivity contribution in [3.05, 3.63) is 0 Å². The summed E-state index contributed by atoms with van der Waals surface area (Å²) in [6, 6.07) is 0. The lowest BCUT2D eigenvalue weighted by Gasteiger charge is -2.07. The third-order valence-corrected chi connectivity index (χ3v) is 4.02. The first-order valence-corrected chi connectivity index (χ1v) is 5.85. The van der Waals surface area contributed by atoms with E-state index in [2.05, 4.69) is 12.6 Å². The molecule has 0 spiro atoms. The fraction of sp³-hybridized carbons (Fsp3) is 0.875. The fourth-order valence-corrected chi connectivity index (χ4v) is 2.97. The monoisotopic (exact) mass is 206 g/mol. The minimum atomic E-state index is -0.0331. The third kappa shape index (κ3) is 2.59. The molecule has 1 rings (SSSR count). The zero-order chi connectivity index (χ0) is 8.97. The highest BCUT2D eigenvalue weighted by Crippen LogP contribution is 2.32. The molecule has 0 aliphatic carbocycles. The van der Waals surface area contributed by atoms with E-state index in [1.807, 2.05) is 18.7 Å². The van der Waals surface area contributed by atoms with Crippen molar-refractivity contribution in [3.63, 3.8) is 0 Å². The molecule has 0 bridgehead atoms. The summed E-state index contributed by atoms with van der Waals surface area (Å²) in [5, 5.41) is 0.544. The summed E-state index contributed by atoms with van der Waals surface area (Å²) >= 11 is 6.03. The molecule has 1 saturated heterocycles. The molecule has 4 heteroatoms. The van der Waals surface area contributed by atoms with Gasteiger partial charge in [0.1, 0.15) is 0 Å². The van der Waals surface area contributed by atoms with E-state index < -0.39 is 0 Å². The highest BCUT2D eigenvalue weighted by atomic mass is 32.2. The summed E-state index contributed by atoms with van der Waals surface area (Å²) in [4.78, 5) is 11.2. The van der Waals surface area contributed by atoms with Crippen LogP contribution >= 0.6 is 24.4 Å². The summed E-state index contributed by atoms with van der Waals surface area (Å²) < 4.78 is 4.94. The maximum absolute atomic E-state index is 11.2. The van der Waals surface area contributed by atoms with Crippen LogP contribution in [0.1, 0.15) is 13.3 Å². The van der Waals surface area contributed by atoms with Gasteiger partial charge in [0.15, 0.2) is 0 Å². The smallest absolute Gasteiger partial charge is 0.309 e. The van der Waals surface area contributed by atoms with Crippen molar-refractivity contribution in [1.82, 2.24) is 0 Å². The van der Waals surface area contributed by atoms with Crippen LogP contribution in [0.3, 0.4) is 0 Å². The molecule has 0 N–H and O–H groups in total. The van der Waals surface area contributed by atoms with Crippen LogP contribution in [0.4, 0.5) is 0 Å². The number of hydrogen-bond acceptors (Lipinski definition) is 4. The van der Waals surface area contributed by atoms with Crippen molar-refractivity contribution in [3.8, 4) is 0 Å². The Kier molecular flexibility index (Phi) is 4.29. The average Bonchev–Trinajstić information content (AvgIpc) is 2.52. The van der Waals surface area contributed by atoms with E-state index in [1.54, 1.807) is 0 Å². The molecule has 2 atom stereocenters. The van der Waals surface area contributed by atoms with E-state index in [1.165, 1.54) is 0 Å². The maximum Gasteiger partial charge on any atom is 0.309 e. The highest BCUT2D eigenvalue weighted by molar-refractivity contribution is 8.00. The van der Waals surface area contributed by atoms with E-state index in [9.17, 15) is 4.79 Å². The lowest BCUT2D eigenvalue weighted by atomic mass is 10.1. The molecule has 0 radical (unpaired) electrons. The van der Waals surface area contributed by atoms with Gasteiger partial charge < -0.3 is 4.74 Å². The Morgan fingerprint density at radius 3 is 3.00 bits per heavy atom. The van der Waals surface area contributed by atoms with Gasteiger partial charge in [0, 0.05) is 16.8 Å². The first-order valence-electron chi connectivity index (χ1n) is 4.17. The van der Waals surface area contributed by atoms with Gasteiger partial charge in [0.05, 0.1) is 12.5 Å². The molecule has 70 valence electrons. The predicted molar refractivity (Wildman–Crippen MR) is 54.8 cm³/mol. The molecular formula is C8H14O2S2. The van der Waals surface area contributed by atoms with Gasteiger partial charge >= 0.3 is 5.97 Å². The van der Waals surface area contributed by atoms with Crippen molar-refractivity contribution < 1.29 is 9.53 Å². The van der Waals surface area contributed by atoms with Crippen molar-refractivity contribution in [1.29, 1.82) is 0 Å². The van der Waals surface area contributed by atoms with E-state index in [0.717, 1.165) is 17.9 Å². The van der Waals surface area contributed by atoms with Gasteiger partial charge in [0.25, 0.3) is 0 Å². The van der Waals surface area contributed by atoms with E-state index >= 15 is 0 Å². The normalized spacial score (nSPS) is 28.8. The van der Waals surface area contributed by atoms with Crippen LogP contribution < -0.4 is 0 Å². The predicted octanol–water partition coefficient (Wildman–Crippen LogP) is 1.60. The minimum absolute atomic E-state index is 0.0331. The number of thioether (sulfide) groups is 1. The van der Waals surface area contributed by atoms with Crippen LogP contribution in [0.15, 0.2) is 0 Å². The van der Waals surface area contributed by atoms with E-state index in [4.69, 9.17) is 4.74 Å². The Bertz CT molecular complexity index is 161. The van der Waals surface area contributed by atoms with Crippen molar-refractivity contribution in [2.24, 2.45) is 5.92 Å². The molecule has 2 nitrogen and oxygen atoms in total. The second-order valence-electron chi connectivity index (χ2n) is 2.82. The topological polar surface area (TPSA) is 26.3 Å². The lowest BCUT2D eigenvalue weighted by molar-refractivity contribution is -0.147. The van der Waals surface area contributed by atoms with Gasteiger partial charge in [-0.25, -0.2) is 0 Å². The Morgan fingerprint density at radius 2 is 2.50 bits per heavy atom. The zero-order valence-corrected chi connectivity index (χ0v) is 8.87. The molecular weight excluding hydrogens is 192 g/mol. The SMILES string of the molecule is CCOC(=O)C1CSC(CS)C1. The molecule has 0 aromatic carbocycles. The van der Waals surface area contributed by atoms with Crippen LogP contribution in [0.2, 0.25) is 0 Å². The molecule has 1 heterocycles. The molecule has 1 aliphatic rings. The van der Waals surface area contributed by atoms with Crippen LogP contribution in [0.5, 0.6) is 0 Å². The van der Waals surface area contributed by atoms with E-state index in [-0.39, 0.29) is 11.9 Å². The Labute approximate surface area is 82.8 Å². The number of rotatable bonds is 3. The number of carbonyl (C=O) groups excluding carboxylic acids is 1. The summed E-state index contributed by atoms with van der Waals surface area (Å²) in [6.45, 7) is 2.33. The summed E-state index contributed by atoms with van der Waals surface area (Å²) in [5.41, 5.74) is 0. The first-order chi connectivity index (χ1) is 5.77. The largest absolute Gasteiger partial charge is 0.466 e. The Hall–Kier alpha value is 0.170. The molecule has 0 aromatic rings. The Morgan fingerprint density at radius 1 is 1.75 bits per heavy atom. The molecule has 1 aliphatic heterocycles. The summed E-state index contributed by atoms with van der Waals surface area (Å²) in [5.74, 6) is 1.85. The zero-order valence-electron chi connectivity index (χ0n) is 7.16. The van der Waals surface area contributed by atoms with Crippen molar-refractivity contribution >= 4 is 30.4 Å². The van der Waals surface area contributed by atoms with Gasteiger partial charge in [-0.1, -0.05) is 0 Å². The van der Waals surface area contributed by atoms with Gasteiger partial charge in [-0.05, 0) is 13.3 Å². The van der Waals surface area contributed by atoms with Gasteiger partial charge in [-0.3, -0.25) is 4.79 Å². The van der Waals surface area contributed by atoms with E-state index in [0.29, 0.717) is 11.9 Å². The summed E-state index contributed by atoms with van der Waals surface area (Å²) in [6.07, 6.45) is 0.938. The molecule has 2 unspecified atom stereocenters. The molecule has 1 fully saturated rings. The average molecular weight is 206 g/mol. The quantitative estimate of drug-likeness (QED) is 0.561.